The lowest BCUT2D eigenvalue weighted by atomic mass is 9.97. The molecule has 8 nitrogen and oxygen atoms in total. The largest absolute Gasteiger partial charge is 0.416 e. The molecule has 172 valence electrons. The van der Waals surface area contributed by atoms with Crippen molar-refractivity contribution in [2.45, 2.75) is 37.8 Å². The van der Waals surface area contributed by atoms with Crippen LogP contribution in [0.1, 0.15) is 35.8 Å². The van der Waals surface area contributed by atoms with Crippen molar-refractivity contribution in [1.29, 1.82) is 0 Å². The molecule has 33 heavy (non-hydrogen) atoms. The van der Waals surface area contributed by atoms with E-state index in [-0.39, 0.29) is 23.6 Å². The van der Waals surface area contributed by atoms with Gasteiger partial charge in [0.25, 0.3) is 5.22 Å². The predicted molar refractivity (Wildman–Crippen MR) is 129 cm³/mol. The van der Waals surface area contributed by atoms with E-state index in [1.54, 1.807) is 4.90 Å². The van der Waals surface area contributed by atoms with E-state index in [0.717, 1.165) is 35.3 Å². The van der Waals surface area contributed by atoms with E-state index in [1.165, 1.54) is 11.8 Å². The molecule has 3 aromatic rings. The minimum atomic E-state index is -0.116. The second-order valence-electron chi connectivity index (χ2n) is 8.07. The predicted octanol–water partition coefficient (Wildman–Crippen LogP) is 4.83. The number of para-hydroxylation sites is 2. The number of benzene rings is 2. The van der Waals surface area contributed by atoms with Gasteiger partial charge in [-0.2, -0.15) is 0 Å². The third kappa shape index (κ3) is 5.92. The zero-order valence-electron chi connectivity index (χ0n) is 18.7. The molecule has 1 aliphatic heterocycles. The first-order valence-electron chi connectivity index (χ1n) is 10.9. The molecule has 0 aliphatic carbocycles. The maximum atomic E-state index is 12.5. The maximum absolute atomic E-state index is 12.5. The van der Waals surface area contributed by atoms with Gasteiger partial charge in [0.2, 0.25) is 11.8 Å². The second-order valence-corrected chi connectivity index (χ2v) is 8.99. The molecule has 9 heteroatoms. The van der Waals surface area contributed by atoms with Crippen LogP contribution in [0.3, 0.4) is 0 Å². The molecular formula is C24H27N5O3S. The van der Waals surface area contributed by atoms with E-state index in [2.05, 4.69) is 20.8 Å². The van der Waals surface area contributed by atoms with Crippen molar-refractivity contribution >= 4 is 35.1 Å². The number of urea groups is 1. The summed E-state index contributed by atoms with van der Waals surface area (Å²) in [5.41, 5.74) is 3.68. The third-order valence-corrected chi connectivity index (χ3v) is 6.47. The van der Waals surface area contributed by atoms with Crippen molar-refractivity contribution in [3.05, 3.63) is 65.5 Å². The van der Waals surface area contributed by atoms with E-state index < -0.39 is 0 Å². The van der Waals surface area contributed by atoms with Crippen LogP contribution in [-0.2, 0) is 4.79 Å². The van der Waals surface area contributed by atoms with Crippen molar-refractivity contribution in [2.75, 3.05) is 29.5 Å². The number of piperidine rings is 1. The van der Waals surface area contributed by atoms with E-state index in [9.17, 15) is 9.59 Å². The fourth-order valence-electron chi connectivity index (χ4n) is 3.81. The van der Waals surface area contributed by atoms with Crippen LogP contribution in [0.15, 0.2) is 58.2 Å². The smallest absolute Gasteiger partial charge is 0.321 e. The van der Waals surface area contributed by atoms with Crippen molar-refractivity contribution in [3.8, 4) is 0 Å². The van der Waals surface area contributed by atoms with Gasteiger partial charge in [0, 0.05) is 30.4 Å². The van der Waals surface area contributed by atoms with Gasteiger partial charge in [-0.1, -0.05) is 48.2 Å². The number of hydrogen-bond donors (Lipinski definition) is 2. The van der Waals surface area contributed by atoms with Crippen LogP contribution in [0, 0.1) is 13.8 Å². The first kappa shape index (κ1) is 22.8. The Kier molecular flexibility index (Phi) is 7.29. The standard InChI is InChI=1S/C24H27N5O3S/c1-16-7-6-8-17(2)21(16)26-20(30)15-33-24-28-27-22(32-24)18-11-13-29(14-12-18)23(31)25-19-9-4-3-5-10-19/h3-10,18H,11-15H2,1-2H3,(H,25,31)(H,26,30). The lowest BCUT2D eigenvalue weighted by Crippen LogP contribution is -2.40. The number of hydrogen-bond acceptors (Lipinski definition) is 6. The van der Waals surface area contributed by atoms with Gasteiger partial charge >= 0.3 is 6.03 Å². The molecule has 3 amide bonds. The van der Waals surface area contributed by atoms with Gasteiger partial charge in [0.1, 0.15) is 0 Å². The Hall–Kier alpha value is -3.33. The summed E-state index contributed by atoms with van der Waals surface area (Å²) in [6, 6.07) is 15.2. The fraction of sp³-hybridized carbons (Fsp3) is 0.333. The van der Waals surface area contributed by atoms with Gasteiger partial charge in [-0.25, -0.2) is 4.79 Å². The van der Waals surface area contributed by atoms with Crippen LogP contribution in [0.2, 0.25) is 0 Å². The van der Waals surface area contributed by atoms with Crippen LogP contribution in [0.25, 0.3) is 0 Å². The van der Waals surface area contributed by atoms with Crippen LogP contribution in [-0.4, -0.2) is 45.9 Å². The fourth-order valence-corrected chi connectivity index (χ4v) is 4.38. The summed E-state index contributed by atoms with van der Waals surface area (Å²) in [7, 11) is 0. The molecule has 4 rings (SSSR count). The highest BCUT2D eigenvalue weighted by molar-refractivity contribution is 7.99. The first-order valence-corrected chi connectivity index (χ1v) is 11.9. The Morgan fingerprint density at radius 3 is 2.39 bits per heavy atom. The highest BCUT2D eigenvalue weighted by Gasteiger charge is 2.27. The Balaban J connectivity index is 1.24. The monoisotopic (exact) mass is 465 g/mol. The Bertz CT molecular complexity index is 1090. The highest BCUT2D eigenvalue weighted by Crippen LogP contribution is 2.29. The number of aryl methyl sites for hydroxylation is 2. The third-order valence-electron chi connectivity index (χ3n) is 5.65. The Morgan fingerprint density at radius 2 is 1.70 bits per heavy atom. The molecule has 0 radical (unpaired) electrons. The van der Waals surface area contributed by atoms with Gasteiger partial charge in [-0.3, -0.25) is 4.79 Å². The highest BCUT2D eigenvalue weighted by atomic mass is 32.2. The summed E-state index contributed by atoms with van der Waals surface area (Å²) < 4.78 is 5.80. The zero-order chi connectivity index (χ0) is 23.2. The normalized spacial score (nSPS) is 14.2. The molecule has 2 aromatic carbocycles. The van der Waals surface area contributed by atoms with Crippen molar-refractivity contribution in [2.24, 2.45) is 0 Å². The SMILES string of the molecule is Cc1cccc(C)c1NC(=O)CSc1nnc(C2CCN(C(=O)Nc3ccccc3)CC2)o1. The summed E-state index contributed by atoms with van der Waals surface area (Å²) in [6.07, 6.45) is 1.50. The topological polar surface area (TPSA) is 100 Å². The number of nitrogens with zero attached hydrogens (tertiary/aromatic N) is 3. The molecule has 0 atom stereocenters. The summed E-state index contributed by atoms with van der Waals surface area (Å²) in [5.74, 6) is 0.745. The number of carbonyl (C=O) groups excluding carboxylic acids is 2. The quantitative estimate of drug-likeness (QED) is 0.506. The van der Waals surface area contributed by atoms with Crippen molar-refractivity contribution < 1.29 is 14.0 Å². The number of nitrogens with one attached hydrogen (secondary N) is 2. The molecule has 2 heterocycles. The van der Waals surface area contributed by atoms with Gasteiger partial charge in [-0.15, -0.1) is 10.2 Å². The maximum Gasteiger partial charge on any atom is 0.321 e. The van der Waals surface area contributed by atoms with Gasteiger partial charge in [-0.05, 0) is 49.9 Å². The summed E-state index contributed by atoms with van der Waals surface area (Å²) >= 11 is 1.22. The number of carbonyl (C=O) groups is 2. The van der Waals surface area contributed by atoms with E-state index >= 15 is 0 Å². The number of rotatable bonds is 6. The van der Waals surface area contributed by atoms with E-state index in [0.29, 0.717) is 24.2 Å². The van der Waals surface area contributed by atoms with Crippen molar-refractivity contribution in [3.63, 3.8) is 0 Å². The van der Waals surface area contributed by atoms with Crippen molar-refractivity contribution in [1.82, 2.24) is 15.1 Å². The Morgan fingerprint density at radius 1 is 1.00 bits per heavy atom. The number of anilines is 2. The molecule has 1 saturated heterocycles. The molecule has 0 unspecified atom stereocenters. The Labute approximate surface area is 197 Å². The lowest BCUT2D eigenvalue weighted by molar-refractivity contribution is -0.113. The summed E-state index contributed by atoms with van der Waals surface area (Å²) in [4.78, 5) is 26.6. The van der Waals surface area contributed by atoms with Crippen LogP contribution in [0.5, 0.6) is 0 Å². The zero-order valence-corrected chi connectivity index (χ0v) is 19.5. The second kappa shape index (κ2) is 10.5. The average molecular weight is 466 g/mol. The summed E-state index contributed by atoms with van der Waals surface area (Å²) in [5, 5.41) is 14.5. The molecule has 1 fully saturated rings. The molecule has 2 N–H and O–H groups in total. The average Bonchev–Trinajstić information content (AvgIpc) is 3.30. The van der Waals surface area contributed by atoms with Crippen LogP contribution in [0.4, 0.5) is 16.2 Å². The van der Waals surface area contributed by atoms with Gasteiger partial charge in [0.05, 0.1) is 5.75 Å². The number of amides is 3. The van der Waals surface area contributed by atoms with Gasteiger partial charge in [0.15, 0.2) is 0 Å². The van der Waals surface area contributed by atoms with E-state index in [1.807, 2.05) is 62.4 Å². The molecular weight excluding hydrogens is 438 g/mol. The minimum absolute atomic E-state index is 0.101. The number of thioether (sulfide) groups is 1. The lowest BCUT2D eigenvalue weighted by Gasteiger charge is -2.30. The molecule has 1 aliphatic rings. The molecule has 0 spiro atoms. The first-order chi connectivity index (χ1) is 16.0. The minimum Gasteiger partial charge on any atom is -0.416 e. The van der Waals surface area contributed by atoms with Crippen LogP contribution < -0.4 is 10.6 Å². The molecule has 1 aromatic heterocycles. The molecule has 0 saturated carbocycles. The number of aromatic nitrogens is 2. The molecule has 0 bridgehead atoms. The van der Waals surface area contributed by atoms with Crippen LogP contribution >= 0.6 is 11.8 Å². The summed E-state index contributed by atoms with van der Waals surface area (Å²) in [6.45, 7) is 5.17. The number of likely N-dealkylation sites (tertiary alicyclic amines) is 1. The van der Waals surface area contributed by atoms with E-state index in [4.69, 9.17) is 4.42 Å². The van der Waals surface area contributed by atoms with Gasteiger partial charge < -0.3 is 20.0 Å².